The second-order valence-electron chi connectivity index (χ2n) is 8.95. The molecule has 2 aromatic rings. The quantitative estimate of drug-likeness (QED) is 0.617. The van der Waals surface area contributed by atoms with Gasteiger partial charge in [0.05, 0.1) is 24.2 Å². The van der Waals surface area contributed by atoms with E-state index in [2.05, 4.69) is 5.32 Å². The maximum Gasteiger partial charge on any atom is 0.243 e. The van der Waals surface area contributed by atoms with Gasteiger partial charge >= 0.3 is 0 Å². The number of hydrogen-bond acceptors (Lipinski definition) is 6. The number of sulfonamides is 1. The van der Waals surface area contributed by atoms with Crippen LogP contribution in [0.25, 0.3) is 0 Å². The summed E-state index contributed by atoms with van der Waals surface area (Å²) in [6.45, 7) is 2.66. The number of ether oxygens (including phenoxy) is 3. The molecule has 9 heteroatoms. The Morgan fingerprint density at radius 1 is 0.971 bits per heavy atom. The van der Waals surface area contributed by atoms with Crippen molar-refractivity contribution in [1.29, 1.82) is 0 Å². The molecular weight excluding hydrogens is 456 g/mol. The van der Waals surface area contributed by atoms with Crippen LogP contribution in [0.1, 0.15) is 36.4 Å². The molecule has 5 rings (SSSR count). The smallest absolute Gasteiger partial charge is 0.243 e. The summed E-state index contributed by atoms with van der Waals surface area (Å²) in [5, 5.41) is 3.20. The van der Waals surface area contributed by atoms with Crippen molar-refractivity contribution >= 4 is 15.9 Å². The lowest BCUT2D eigenvalue weighted by molar-refractivity contribution is -0.122. The van der Waals surface area contributed by atoms with Crippen LogP contribution in [0, 0.1) is 5.92 Å². The SMILES string of the molecule is O=C(CCc1ccc(S(=O)(=O)N2CCOCC2)cc1)NC(c1ccc2c(c1)OCCO2)C1CC1. The molecule has 182 valence electrons. The highest BCUT2D eigenvalue weighted by atomic mass is 32.2. The number of nitrogens with one attached hydrogen (secondary N) is 1. The van der Waals surface area contributed by atoms with E-state index in [1.54, 1.807) is 24.3 Å². The molecule has 1 amide bonds. The minimum atomic E-state index is -3.51. The van der Waals surface area contributed by atoms with Gasteiger partial charge in [0.15, 0.2) is 11.5 Å². The van der Waals surface area contributed by atoms with Crippen LogP contribution >= 0.6 is 0 Å². The van der Waals surface area contributed by atoms with Crippen LogP contribution in [0.2, 0.25) is 0 Å². The Bertz CT molecular complexity index is 1120. The molecule has 0 aromatic heterocycles. The lowest BCUT2D eigenvalue weighted by atomic mass is 10.0. The Morgan fingerprint density at radius 3 is 2.38 bits per heavy atom. The number of nitrogens with zero attached hydrogens (tertiary/aromatic N) is 1. The minimum Gasteiger partial charge on any atom is -0.486 e. The van der Waals surface area contributed by atoms with Crippen molar-refractivity contribution < 1.29 is 27.4 Å². The standard InChI is InChI=1S/C25H30N2O6S/c28-24(26-25(19-4-5-19)20-6-9-22-23(17-20)33-16-15-32-22)10-3-18-1-7-21(8-2-18)34(29,30)27-11-13-31-14-12-27/h1-2,6-9,17,19,25H,3-5,10-16H2,(H,26,28). The van der Waals surface area contributed by atoms with Crippen LogP contribution in [-0.2, 0) is 26.0 Å². The molecule has 0 bridgehead atoms. The summed E-state index contributed by atoms with van der Waals surface area (Å²) >= 11 is 0. The summed E-state index contributed by atoms with van der Waals surface area (Å²) in [4.78, 5) is 13.0. The topological polar surface area (TPSA) is 94.2 Å². The zero-order valence-corrected chi connectivity index (χ0v) is 19.9. The van der Waals surface area contributed by atoms with Crippen LogP contribution < -0.4 is 14.8 Å². The lowest BCUT2D eigenvalue weighted by Crippen LogP contribution is -2.40. The Labute approximate surface area is 200 Å². The number of morpholine rings is 1. The molecule has 1 saturated heterocycles. The van der Waals surface area contributed by atoms with E-state index in [0.717, 1.165) is 35.5 Å². The Morgan fingerprint density at radius 2 is 1.68 bits per heavy atom. The number of carbonyl (C=O) groups excluding carboxylic acids is 1. The Balaban J connectivity index is 1.18. The van der Waals surface area contributed by atoms with Crippen molar-refractivity contribution in [1.82, 2.24) is 9.62 Å². The van der Waals surface area contributed by atoms with Crippen LogP contribution in [-0.4, -0.2) is 58.1 Å². The van der Waals surface area contributed by atoms with Crippen molar-refractivity contribution in [2.24, 2.45) is 5.92 Å². The first-order valence-electron chi connectivity index (χ1n) is 11.9. The Kier molecular flexibility index (Phi) is 6.76. The average Bonchev–Trinajstić information content (AvgIpc) is 3.72. The first kappa shape index (κ1) is 23.1. The highest BCUT2D eigenvalue weighted by molar-refractivity contribution is 7.89. The van der Waals surface area contributed by atoms with Gasteiger partial charge in [-0.15, -0.1) is 0 Å². The predicted molar refractivity (Wildman–Crippen MR) is 125 cm³/mol. The third-order valence-corrected chi connectivity index (χ3v) is 8.42. The minimum absolute atomic E-state index is 0.0168. The number of carbonyl (C=O) groups is 1. The zero-order chi connectivity index (χ0) is 23.5. The van der Waals surface area contributed by atoms with Crippen molar-refractivity contribution in [2.45, 2.75) is 36.6 Å². The van der Waals surface area contributed by atoms with Gasteiger partial charge in [0, 0.05) is 19.5 Å². The monoisotopic (exact) mass is 486 g/mol. The van der Waals surface area contributed by atoms with E-state index >= 15 is 0 Å². The van der Waals surface area contributed by atoms with Gasteiger partial charge in [0.2, 0.25) is 15.9 Å². The third-order valence-electron chi connectivity index (χ3n) is 6.51. The second-order valence-corrected chi connectivity index (χ2v) is 10.9. The molecule has 1 aliphatic carbocycles. The van der Waals surface area contributed by atoms with E-state index in [9.17, 15) is 13.2 Å². The van der Waals surface area contributed by atoms with E-state index < -0.39 is 10.0 Å². The number of rotatable bonds is 8. The van der Waals surface area contributed by atoms with Gasteiger partial charge in [-0.25, -0.2) is 8.42 Å². The van der Waals surface area contributed by atoms with Crippen molar-refractivity contribution in [3.05, 3.63) is 53.6 Å². The lowest BCUT2D eigenvalue weighted by Gasteiger charge is -2.26. The molecule has 0 spiro atoms. The number of aryl methyl sites for hydroxylation is 1. The first-order valence-corrected chi connectivity index (χ1v) is 13.3. The van der Waals surface area contributed by atoms with Crippen molar-refractivity contribution in [2.75, 3.05) is 39.5 Å². The van der Waals surface area contributed by atoms with Gasteiger partial charge in [-0.3, -0.25) is 4.79 Å². The molecule has 3 aliphatic rings. The number of amides is 1. The second kappa shape index (κ2) is 9.93. The maximum atomic E-state index is 12.8. The average molecular weight is 487 g/mol. The number of benzene rings is 2. The van der Waals surface area contributed by atoms with Gasteiger partial charge in [-0.1, -0.05) is 18.2 Å². The van der Waals surface area contributed by atoms with Gasteiger partial charge in [0.1, 0.15) is 13.2 Å². The van der Waals surface area contributed by atoms with Crippen LogP contribution in [0.5, 0.6) is 11.5 Å². The highest BCUT2D eigenvalue weighted by Gasteiger charge is 2.34. The van der Waals surface area contributed by atoms with Gasteiger partial charge in [-0.2, -0.15) is 4.31 Å². The molecule has 0 radical (unpaired) electrons. The molecule has 2 aromatic carbocycles. The van der Waals surface area contributed by atoms with Gasteiger partial charge in [-0.05, 0) is 60.6 Å². The van der Waals surface area contributed by atoms with Gasteiger partial charge in [0.25, 0.3) is 0 Å². The molecule has 2 heterocycles. The summed E-state index contributed by atoms with van der Waals surface area (Å²) < 4.78 is 43.6. The molecule has 8 nitrogen and oxygen atoms in total. The normalized spacial score (nSPS) is 19.4. The van der Waals surface area contributed by atoms with E-state index in [4.69, 9.17) is 14.2 Å². The molecule has 1 atom stereocenters. The van der Waals surface area contributed by atoms with E-state index in [1.807, 2.05) is 18.2 Å². The summed E-state index contributed by atoms with van der Waals surface area (Å²) in [5.74, 6) is 1.90. The van der Waals surface area contributed by atoms with E-state index in [-0.39, 0.29) is 16.8 Å². The molecule has 2 fully saturated rings. The fourth-order valence-corrected chi connectivity index (χ4v) is 5.83. The van der Waals surface area contributed by atoms with E-state index in [0.29, 0.717) is 58.3 Å². The molecule has 1 unspecified atom stereocenters. The summed E-state index contributed by atoms with van der Waals surface area (Å²) in [6, 6.07) is 12.7. The zero-order valence-electron chi connectivity index (χ0n) is 19.1. The van der Waals surface area contributed by atoms with Crippen molar-refractivity contribution in [3.8, 4) is 11.5 Å². The Hall–Kier alpha value is -2.62. The fraction of sp³-hybridized carbons (Fsp3) is 0.480. The fourth-order valence-electron chi connectivity index (χ4n) is 4.42. The first-order chi connectivity index (χ1) is 16.5. The molecule has 1 N–H and O–H groups in total. The highest BCUT2D eigenvalue weighted by Crippen LogP contribution is 2.43. The number of fused-ring (bicyclic) bond motifs is 1. The van der Waals surface area contributed by atoms with Gasteiger partial charge < -0.3 is 19.5 Å². The molecule has 2 aliphatic heterocycles. The molecule has 34 heavy (non-hydrogen) atoms. The maximum absolute atomic E-state index is 12.8. The van der Waals surface area contributed by atoms with E-state index in [1.165, 1.54) is 4.31 Å². The van der Waals surface area contributed by atoms with Crippen LogP contribution in [0.3, 0.4) is 0 Å². The van der Waals surface area contributed by atoms with Crippen LogP contribution in [0.15, 0.2) is 47.4 Å². The largest absolute Gasteiger partial charge is 0.486 e. The summed E-state index contributed by atoms with van der Waals surface area (Å²) in [5.41, 5.74) is 1.97. The summed E-state index contributed by atoms with van der Waals surface area (Å²) in [7, 11) is -3.51. The number of hydrogen-bond donors (Lipinski definition) is 1. The predicted octanol–water partition coefficient (Wildman–Crippen LogP) is 2.68. The third kappa shape index (κ3) is 5.21. The summed E-state index contributed by atoms with van der Waals surface area (Å²) in [6.07, 6.45) is 3.07. The van der Waals surface area contributed by atoms with Crippen LogP contribution in [0.4, 0.5) is 0 Å². The van der Waals surface area contributed by atoms with Crippen molar-refractivity contribution in [3.63, 3.8) is 0 Å². The molecule has 1 saturated carbocycles. The molecular formula is C25H30N2O6S.